The van der Waals surface area contributed by atoms with E-state index in [2.05, 4.69) is 5.32 Å². The monoisotopic (exact) mass is 462 g/mol. The molecule has 1 atom stereocenters. The fourth-order valence-corrected chi connectivity index (χ4v) is 3.82. The van der Waals surface area contributed by atoms with Crippen molar-refractivity contribution in [1.82, 2.24) is 5.32 Å². The number of anilines is 1. The van der Waals surface area contributed by atoms with Crippen LogP contribution in [0.4, 0.5) is 5.69 Å². The Morgan fingerprint density at radius 2 is 1.87 bits per heavy atom. The molecule has 2 aromatic carbocycles. The molecule has 1 unspecified atom stereocenters. The number of benzene rings is 2. The molecule has 1 heterocycles. The Hall–Kier alpha value is -2.90. The van der Waals surface area contributed by atoms with Gasteiger partial charge in [-0.2, -0.15) is 0 Å². The average molecular weight is 463 g/mol. The van der Waals surface area contributed by atoms with Crippen LogP contribution in [-0.2, 0) is 20.7 Å². The van der Waals surface area contributed by atoms with Gasteiger partial charge in [-0.25, -0.2) is 0 Å². The minimum absolute atomic E-state index is 0.0536. The van der Waals surface area contributed by atoms with Crippen LogP contribution in [0.2, 0.25) is 10.0 Å². The Bertz CT molecular complexity index is 1070. The summed E-state index contributed by atoms with van der Waals surface area (Å²) in [5.41, 5.74) is 2.24. The number of ether oxygens (including phenoxy) is 1. The van der Waals surface area contributed by atoms with Crippen molar-refractivity contribution in [2.75, 3.05) is 18.0 Å². The van der Waals surface area contributed by atoms with E-state index in [0.29, 0.717) is 23.6 Å². The van der Waals surface area contributed by atoms with Gasteiger partial charge in [-0.05, 0) is 55.3 Å². The average Bonchev–Trinajstić information content (AvgIpc) is 3.15. The van der Waals surface area contributed by atoms with Crippen LogP contribution in [0.15, 0.2) is 36.4 Å². The van der Waals surface area contributed by atoms with Gasteiger partial charge in [0.25, 0.3) is 5.91 Å². The molecule has 1 N–H and O–H groups in total. The third-order valence-corrected chi connectivity index (χ3v) is 5.43. The third kappa shape index (κ3) is 5.24. The molecule has 31 heavy (non-hydrogen) atoms. The molecule has 0 aromatic heterocycles. The summed E-state index contributed by atoms with van der Waals surface area (Å²) in [5, 5.41) is 2.94. The molecule has 3 rings (SSSR count). The fourth-order valence-electron chi connectivity index (χ4n) is 3.33. The first-order chi connectivity index (χ1) is 14.7. The number of rotatable bonds is 6. The molecule has 0 spiro atoms. The molecule has 1 aliphatic rings. The summed E-state index contributed by atoms with van der Waals surface area (Å²) in [6.07, 6.45) is -0.379. The molecule has 2 aromatic rings. The molecule has 0 fully saturated rings. The number of esters is 1. The first-order valence-corrected chi connectivity index (χ1v) is 10.3. The van der Waals surface area contributed by atoms with E-state index in [4.69, 9.17) is 27.9 Å². The second-order valence-corrected chi connectivity index (χ2v) is 7.91. The van der Waals surface area contributed by atoms with Crippen LogP contribution in [-0.4, -0.2) is 42.8 Å². The molecular weight excluding hydrogens is 443 g/mol. The normalized spacial score (nSPS) is 13.4. The summed E-state index contributed by atoms with van der Waals surface area (Å²) in [5.74, 6) is -1.75. The molecule has 0 saturated heterocycles. The fraction of sp³-hybridized carbons (Fsp3) is 0.273. The predicted octanol–water partition coefficient (Wildman–Crippen LogP) is 3.45. The number of nitrogens with zero attached hydrogens (tertiary/aromatic N) is 1. The van der Waals surface area contributed by atoms with Gasteiger partial charge in [-0.1, -0.05) is 23.2 Å². The maximum absolute atomic E-state index is 12.7. The molecular formula is C22H20Cl2N2O5. The molecule has 1 aliphatic heterocycles. The minimum Gasteiger partial charge on any atom is -0.453 e. The Morgan fingerprint density at radius 1 is 1.13 bits per heavy atom. The van der Waals surface area contributed by atoms with Crippen LogP contribution < -0.4 is 10.2 Å². The van der Waals surface area contributed by atoms with Gasteiger partial charge in [0.1, 0.15) is 6.54 Å². The van der Waals surface area contributed by atoms with E-state index in [0.717, 1.165) is 11.3 Å². The zero-order valence-corrected chi connectivity index (χ0v) is 18.4. The van der Waals surface area contributed by atoms with Gasteiger partial charge in [-0.15, -0.1) is 0 Å². The van der Waals surface area contributed by atoms with Gasteiger partial charge in [0, 0.05) is 29.7 Å². The number of halogens is 2. The molecule has 162 valence electrons. The van der Waals surface area contributed by atoms with Crippen molar-refractivity contribution < 1.29 is 23.9 Å². The summed E-state index contributed by atoms with van der Waals surface area (Å²) in [7, 11) is 0. The van der Waals surface area contributed by atoms with Gasteiger partial charge in [0.2, 0.25) is 11.7 Å². The number of hydrogen-bond donors (Lipinski definition) is 1. The second kappa shape index (κ2) is 9.49. The molecule has 0 radical (unpaired) electrons. The van der Waals surface area contributed by atoms with Crippen molar-refractivity contribution >= 4 is 52.5 Å². The third-order valence-electron chi connectivity index (χ3n) is 4.89. The lowest BCUT2D eigenvalue weighted by Gasteiger charge is -2.16. The SMILES string of the molecule is CC(=O)N1CCc2cc(C(=O)C(C)OC(=O)CNC(=O)c3ccc(Cl)cc3Cl)ccc21. The number of carbonyl (C=O) groups is 4. The lowest BCUT2D eigenvalue weighted by molar-refractivity contribution is -0.145. The zero-order valence-electron chi connectivity index (χ0n) is 16.9. The molecule has 0 aliphatic carbocycles. The van der Waals surface area contributed by atoms with Crippen LogP contribution in [0.3, 0.4) is 0 Å². The predicted molar refractivity (Wildman–Crippen MR) is 117 cm³/mol. The maximum Gasteiger partial charge on any atom is 0.326 e. The van der Waals surface area contributed by atoms with Gasteiger partial charge in [0.05, 0.1) is 10.6 Å². The molecule has 0 bridgehead atoms. The van der Waals surface area contributed by atoms with E-state index in [1.165, 1.54) is 32.0 Å². The van der Waals surface area contributed by atoms with Gasteiger partial charge < -0.3 is 15.0 Å². The van der Waals surface area contributed by atoms with Gasteiger partial charge in [0.15, 0.2) is 6.10 Å². The lowest BCUT2D eigenvalue weighted by Crippen LogP contribution is -2.34. The summed E-state index contributed by atoms with van der Waals surface area (Å²) < 4.78 is 5.16. The van der Waals surface area contributed by atoms with Crippen LogP contribution in [0.25, 0.3) is 0 Å². The number of ketones is 1. The van der Waals surface area contributed by atoms with Gasteiger partial charge >= 0.3 is 5.97 Å². The van der Waals surface area contributed by atoms with Crippen LogP contribution in [0, 0.1) is 0 Å². The van der Waals surface area contributed by atoms with E-state index in [-0.39, 0.29) is 22.3 Å². The van der Waals surface area contributed by atoms with Crippen LogP contribution >= 0.6 is 23.2 Å². The van der Waals surface area contributed by atoms with Gasteiger partial charge in [-0.3, -0.25) is 19.2 Å². The van der Waals surface area contributed by atoms with E-state index in [1.807, 2.05) is 0 Å². The van der Waals surface area contributed by atoms with Crippen LogP contribution in [0.5, 0.6) is 0 Å². The van der Waals surface area contributed by atoms with Crippen molar-refractivity contribution in [3.05, 3.63) is 63.1 Å². The highest BCUT2D eigenvalue weighted by Crippen LogP contribution is 2.29. The molecule has 2 amide bonds. The number of amides is 2. The summed E-state index contributed by atoms with van der Waals surface area (Å²) >= 11 is 11.8. The van der Waals surface area contributed by atoms with E-state index < -0.39 is 24.5 Å². The Labute approximate surface area is 189 Å². The quantitative estimate of drug-likeness (QED) is 0.524. The maximum atomic E-state index is 12.7. The Morgan fingerprint density at radius 3 is 2.55 bits per heavy atom. The first-order valence-electron chi connectivity index (χ1n) is 9.55. The standard InChI is InChI=1S/C22H20Cl2N2O5/c1-12(21(29)15-3-6-19-14(9-15)7-8-26(19)13(2)27)31-20(28)11-25-22(30)17-5-4-16(23)10-18(17)24/h3-6,9-10,12H,7-8,11H2,1-2H3,(H,25,30). The number of carbonyl (C=O) groups excluding carboxylic acids is 4. The van der Waals surface area contributed by atoms with Crippen LogP contribution in [0.1, 0.15) is 40.1 Å². The largest absolute Gasteiger partial charge is 0.453 e. The number of nitrogens with one attached hydrogen (secondary N) is 1. The lowest BCUT2D eigenvalue weighted by atomic mass is 10.0. The van der Waals surface area contributed by atoms with Crippen molar-refractivity contribution in [3.63, 3.8) is 0 Å². The van der Waals surface area contributed by atoms with E-state index in [1.54, 1.807) is 23.1 Å². The van der Waals surface area contributed by atoms with Crippen molar-refractivity contribution in [3.8, 4) is 0 Å². The smallest absolute Gasteiger partial charge is 0.326 e. The van der Waals surface area contributed by atoms with Crippen molar-refractivity contribution in [1.29, 1.82) is 0 Å². The molecule has 7 nitrogen and oxygen atoms in total. The van der Waals surface area contributed by atoms with E-state index in [9.17, 15) is 19.2 Å². The number of Topliss-reactive ketones (excluding diaryl/α,β-unsaturated/α-hetero) is 1. The molecule has 0 saturated carbocycles. The highest BCUT2D eigenvalue weighted by Gasteiger charge is 2.25. The Kier molecular flexibility index (Phi) is 6.97. The second-order valence-electron chi connectivity index (χ2n) is 7.07. The highest BCUT2D eigenvalue weighted by atomic mass is 35.5. The highest BCUT2D eigenvalue weighted by molar-refractivity contribution is 6.36. The summed E-state index contributed by atoms with van der Waals surface area (Å²) in [6, 6.07) is 9.42. The minimum atomic E-state index is -1.04. The summed E-state index contributed by atoms with van der Waals surface area (Å²) in [4.78, 5) is 50.2. The zero-order chi connectivity index (χ0) is 22.7. The van der Waals surface area contributed by atoms with Crippen molar-refractivity contribution in [2.45, 2.75) is 26.4 Å². The number of fused-ring (bicyclic) bond motifs is 1. The Balaban J connectivity index is 1.56. The topological polar surface area (TPSA) is 92.8 Å². The first kappa shape index (κ1) is 22.8. The number of hydrogen-bond acceptors (Lipinski definition) is 5. The summed E-state index contributed by atoms with van der Waals surface area (Å²) in [6.45, 7) is 3.11. The van der Waals surface area contributed by atoms with E-state index >= 15 is 0 Å². The van der Waals surface area contributed by atoms with Crippen molar-refractivity contribution in [2.24, 2.45) is 0 Å². The molecule has 9 heteroatoms.